The Kier molecular flexibility index (Phi) is 7.12. The Hall–Kier alpha value is -4.50. The maximum absolute atomic E-state index is 12.4. The molecule has 0 spiro atoms. The number of carbonyl (C=O) groups is 2. The van der Waals surface area contributed by atoms with Crippen molar-refractivity contribution in [1.29, 1.82) is 0 Å². The molecule has 4 aromatic rings. The van der Waals surface area contributed by atoms with Crippen molar-refractivity contribution in [3.8, 4) is 5.88 Å². The molecule has 2 heterocycles. The highest BCUT2D eigenvalue weighted by Crippen LogP contribution is 2.31. The molecule has 184 valence electrons. The number of amides is 1. The summed E-state index contributed by atoms with van der Waals surface area (Å²) in [6.07, 6.45) is 0. The average molecular weight is 486 g/mol. The monoisotopic (exact) mass is 485 g/mol. The van der Waals surface area contributed by atoms with E-state index >= 15 is 0 Å². The zero-order chi connectivity index (χ0) is 25.8. The van der Waals surface area contributed by atoms with E-state index in [1.165, 1.54) is 7.11 Å². The van der Waals surface area contributed by atoms with Crippen LogP contribution in [-0.2, 0) is 9.53 Å². The van der Waals surface area contributed by atoms with Gasteiger partial charge in [0.15, 0.2) is 11.6 Å². The molecule has 0 saturated heterocycles. The molecule has 2 N–H and O–H groups in total. The first kappa shape index (κ1) is 24.6. The van der Waals surface area contributed by atoms with Crippen molar-refractivity contribution < 1.29 is 19.4 Å². The second-order valence-electron chi connectivity index (χ2n) is 8.47. The van der Waals surface area contributed by atoms with Gasteiger partial charge in [-0.05, 0) is 50.5 Å². The number of rotatable bonds is 7. The second-order valence-corrected chi connectivity index (χ2v) is 8.47. The molecular formula is C27H27N5O4. The van der Waals surface area contributed by atoms with Crippen LogP contribution >= 0.6 is 0 Å². The summed E-state index contributed by atoms with van der Waals surface area (Å²) < 4.78 is 4.75. The van der Waals surface area contributed by atoms with Gasteiger partial charge in [0, 0.05) is 23.7 Å². The minimum Gasteiger partial charge on any atom is -0.494 e. The lowest BCUT2D eigenvalue weighted by Gasteiger charge is -2.19. The fourth-order valence-corrected chi connectivity index (χ4v) is 3.78. The molecular weight excluding hydrogens is 458 g/mol. The number of hydrogen-bond donors (Lipinski definition) is 2. The van der Waals surface area contributed by atoms with Crippen LogP contribution in [0.5, 0.6) is 5.88 Å². The Morgan fingerprint density at radius 3 is 2.33 bits per heavy atom. The number of aliphatic imine (C=N–C) groups is 1. The van der Waals surface area contributed by atoms with E-state index < -0.39 is 5.97 Å². The van der Waals surface area contributed by atoms with E-state index in [0.29, 0.717) is 34.5 Å². The van der Waals surface area contributed by atoms with Crippen molar-refractivity contribution in [2.45, 2.75) is 0 Å². The summed E-state index contributed by atoms with van der Waals surface area (Å²) in [6.45, 7) is 0.306. The summed E-state index contributed by atoms with van der Waals surface area (Å²) in [5.41, 5.74) is 3.62. The molecule has 1 amide bonds. The Labute approximate surface area is 208 Å². The highest BCUT2D eigenvalue weighted by molar-refractivity contribution is 6.21. The third-order valence-corrected chi connectivity index (χ3v) is 5.62. The van der Waals surface area contributed by atoms with Crippen LogP contribution in [0.3, 0.4) is 0 Å². The highest BCUT2D eigenvalue weighted by atomic mass is 16.5. The maximum Gasteiger partial charge on any atom is 0.356 e. The molecule has 0 saturated carbocycles. The van der Waals surface area contributed by atoms with Gasteiger partial charge in [0.1, 0.15) is 5.65 Å². The van der Waals surface area contributed by atoms with Crippen molar-refractivity contribution in [3.63, 3.8) is 0 Å². The molecule has 0 radical (unpaired) electrons. The van der Waals surface area contributed by atoms with Gasteiger partial charge in [-0.3, -0.25) is 4.79 Å². The van der Waals surface area contributed by atoms with E-state index in [1.807, 2.05) is 73.6 Å². The summed E-state index contributed by atoms with van der Waals surface area (Å²) in [7, 11) is 6.72. The number of aromatic nitrogens is 2. The van der Waals surface area contributed by atoms with Gasteiger partial charge in [-0.15, -0.1) is 0 Å². The number of H-pyrrole nitrogens is 1. The van der Waals surface area contributed by atoms with Gasteiger partial charge in [-0.2, -0.15) is 0 Å². The number of nitrogens with zero attached hydrogens (tertiary/aromatic N) is 4. The summed E-state index contributed by atoms with van der Waals surface area (Å²) >= 11 is 0. The van der Waals surface area contributed by atoms with Gasteiger partial charge in [0.25, 0.3) is 0 Å². The van der Waals surface area contributed by atoms with Crippen molar-refractivity contribution in [2.24, 2.45) is 4.99 Å². The van der Waals surface area contributed by atoms with Crippen LogP contribution in [0.4, 0.5) is 11.4 Å². The quantitative estimate of drug-likeness (QED) is 0.305. The highest BCUT2D eigenvalue weighted by Gasteiger charge is 2.21. The first-order valence-corrected chi connectivity index (χ1v) is 11.2. The second kappa shape index (κ2) is 10.4. The van der Waals surface area contributed by atoms with Crippen LogP contribution in [0.1, 0.15) is 21.6 Å². The smallest absolute Gasteiger partial charge is 0.356 e. The standard InChI is InChI=1S/C27H27N5O4/c1-31(2)16-22(33)32(3)19-12-10-18(11-13-19)28-24(17-8-6-5-7-9-17)23-20-14-15-21(27(35)36-4)29-25(20)30-26(23)34/h5-15,34H,16H2,1-4H3,(H,29,30). The van der Waals surface area contributed by atoms with Gasteiger partial charge in [0.05, 0.1) is 30.6 Å². The number of aromatic amines is 1. The van der Waals surface area contributed by atoms with E-state index in [0.717, 1.165) is 11.3 Å². The van der Waals surface area contributed by atoms with Gasteiger partial charge in [0.2, 0.25) is 5.91 Å². The summed E-state index contributed by atoms with van der Waals surface area (Å²) in [5.74, 6) is -0.713. The number of benzene rings is 2. The third-order valence-electron chi connectivity index (χ3n) is 5.62. The average Bonchev–Trinajstić information content (AvgIpc) is 3.21. The zero-order valence-corrected chi connectivity index (χ0v) is 20.5. The van der Waals surface area contributed by atoms with Crippen LogP contribution in [-0.4, -0.2) is 72.4 Å². The number of pyridine rings is 1. The fourth-order valence-electron chi connectivity index (χ4n) is 3.78. The predicted molar refractivity (Wildman–Crippen MR) is 139 cm³/mol. The summed E-state index contributed by atoms with van der Waals surface area (Å²) in [6, 6.07) is 20.0. The Balaban J connectivity index is 1.77. The molecule has 9 nitrogen and oxygen atoms in total. The zero-order valence-electron chi connectivity index (χ0n) is 20.5. The number of likely N-dealkylation sites (N-methyl/N-ethyl adjacent to an activating group) is 2. The van der Waals surface area contributed by atoms with Crippen LogP contribution in [0, 0.1) is 0 Å². The number of fused-ring (bicyclic) bond motifs is 1. The van der Waals surface area contributed by atoms with E-state index in [9.17, 15) is 14.7 Å². The van der Waals surface area contributed by atoms with E-state index in [4.69, 9.17) is 9.73 Å². The lowest BCUT2D eigenvalue weighted by molar-refractivity contribution is -0.118. The third kappa shape index (κ3) is 5.11. The molecule has 0 fully saturated rings. The molecule has 0 atom stereocenters. The molecule has 36 heavy (non-hydrogen) atoms. The Bertz CT molecular complexity index is 1430. The molecule has 4 rings (SSSR count). The van der Waals surface area contributed by atoms with E-state index in [2.05, 4.69) is 9.97 Å². The minimum atomic E-state index is -0.571. The van der Waals surface area contributed by atoms with Crippen molar-refractivity contribution in [1.82, 2.24) is 14.9 Å². The number of esters is 1. The molecule has 2 aromatic carbocycles. The van der Waals surface area contributed by atoms with Crippen molar-refractivity contribution >= 4 is 40.0 Å². The van der Waals surface area contributed by atoms with Crippen LogP contribution < -0.4 is 4.90 Å². The first-order valence-electron chi connectivity index (χ1n) is 11.2. The SMILES string of the molecule is COC(=O)c1ccc2c(C(=Nc3ccc(N(C)C(=O)CN(C)C)cc3)c3ccccc3)c(O)[nH]c2n1. The van der Waals surface area contributed by atoms with Crippen LogP contribution in [0.15, 0.2) is 71.7 Å². The number of ether oxygens (including phenoxy) is 1. The maximum atomic E-state index is 12.4. The van der Waals surface area contributed by atoms with E-state index in [1.54, 1.807) is 24.1 Å². The number of nitrogens with one attached hydrogen (secondary N) is 1. The lowest BCUT2D eigenvalue weighted by Crippen LogP contribution is -2.34. The number of hydrogen-bond acceptors (Lipinski definition) is 7. The Morgan fingerprint density at radius 2 is 1.69 bits per heavy atom. The largest absolute Gasteiger partial charge is 0.494 e. The molecule has 9 heteroatoms. The Morgan fingerprint density at radius 1 is 1.00 bits per heavy atom. The minimum absolute atomic E-state index is 0.0243. The summed E-state index contributed by atoms with van der Waals surface area (Å²) in [4.78, 5) is 39.7. The number of anilines is 1. The predicted octanol–water partition coefficient (Wildman–Crippen LogP) is 3.75. The fraction of sp³-hybridized carbons (Fsp3) is 0.185. The van der Waals surface area contributed by atoms with Crippen LogP contribution in [0.25, 0.3) is 11.0 Å². The molecule has 0 aliphatic rings. The van der Waals surface area contributed by atoms with Gasteiger partial charge in [-0.1, -0.05) is 30.3 Å². The van der Waals surface area contributed by atoms with Gasteiger partial charge >= 0.3 is 5.97 Å². The number of carbonyl (C=O) groups excluding carboxylic acids is 2. The lowest BCUT2D eigenvalue weighted by atomic mass is 10.0. The van der Waals surface area contributed by atoms with Gasteiger partial charge < -0.3 is 24.6 Å². The molecule has 0 bridgehead atoms. The molecule has 0 aliphatic heterocycles. The normalized spacial score (nSPS) is 11.6. The molecule has 0 unspecified atom stereocenters. The first-order chi connectivity index (χ1) is 17.3. The molecule has 0 aliphatic carbocycles. The molecule has 2 aromatic heterocycles. The van der Waals surface area contributed by atoms with Crippen LogP contribution in [0.2, 0.25) is 0 Å². The van der Waals surface area contributed by atoms with E-state index in [-0.39, 0.29) is 17.5 Å². The number of methoxy groups -OCH3 is 1. The van der Waals surface area contributed by atoms with Gasteiger partial charge in [-0.25, -0.2) is 14.8 Å². The number of aromatic hydroxyl groups is 1. The summed E-state index contributed by atoms with van der Waals surface area (Å²) in [5, 5.41) is 11.4. The topological polar surface area (TPSA) is 111 Å². The van der Waals surface area contributed by atoms with Crippen molar-refractivity contribution in [2.75, 3.05) is 39.7 Å². The van der Waals surface area contributed by atoms with Crippen molar-refractivity contribution in [3.05, 3.63) is 83.6 Å².